The summed E-state index contributed by atoms with van der Waals surface area (Å²) < 4.78 is 16.2. The lowest BCUT2D eigenvalue weighted by atomic mass is 9.75. The second-order valence-electron chi connectivity index (χ2n) is 6.49. The highest BCUT2D eigenvalue weighted by molar-refractivity contribution is 5.53. The van der Waals surface area contributed by atoms with Gasteiger partial charge in [0.2, 0.25) is 0 Å². The summed E-state index contributed by atoms with van der Waals surface area (Å²) in [5.41, 5.74) is 2.99. The van der Waals surface area contributed by atoms with Crippen molar-refractivity contribution in [2.45, 2.75) is 18.1 Å². The highest BCUT2D eigenvalue weighted by atomic mass is 16.5. The second kappa shape index (κ2) is 8.42. The number of hydrogen-bond donors (Lipinski definition) is 1. The molecule has 2 aromatic carbocycles. The van der Waals surface area contributed by atoms with Crippen molar-refractivity contribution in [1.29, 1.82) is 0 Å². The minimum Gasteiger partial charge on any atom is -0.497 e. The van der Waals surface area contributed by atoms with Crippen molar-refractivity contribution in [3.8, 4) is 11.5 Å². The number of likely N-dealkylation sites (N-methyl/N-ethyl adjacent to an activating group) is 1. The van der Waals surface area contributed by atoms with E-state index in [9.17, 15) is 0 Å². The quantitative estimate of drug-likeness (QED) is 0.803. The molecule has 0 fully saturated rings. The molecule has 0 saturated carbocycles. The third-order valence-corrected chi connectivity index (χ3v) is 5.22. The first-order chi connectivity index (χ1) is 13.2. The largest absolute Gasteiger partial charge is 0.497 e. The molecular formula is C23H27NO3. The van der Waals surface area contributed by atoms with Gasteiger partial charge in [-0.2, -0.15) is 0 Å². The molecule has 0 spiro atoms. The molecule has 1 N–H and O–H groups in total. The van der Waals surface area contributed by atoms with Gasteiger partial charge in [-0.3, -0.25) is 0 Å². The van der Waals surface area contributed by atoms with Gasteiger partial charge in [0.25, 0.3) is 0 Å². The lowest BCUT2D eigenvalue weighted by Crippen LogP contribution is -2.43. The van der Waals surface area contributed by atoms with Crippen molar-refractivity contribution in [2.75, 3.05) is 28.4 Å². The van der Waals surface area contributed by atoms with Crippen LogP contribution in [-0.2, 0) is 10.3 Å². The molecule has 2 aromatic rings. The Balaban J connectivity index is 2.14. The molecule has 1 atom stereocenters. The first-order valence-electron chi connectivity index (χ1n) is 9.07. The summed E-state index contributed by atoms with van der Waals surface area (Å²) in [5.74, 6) is 1.68. The molecule has 1 aliphatic carbocycles. The summed E-state index contributed by atoms with van der Waals surface area (Å²) in [7, 11) is 7.10. The van der Waals surface area contributed by atoms with Crippen molar-refractivity contribution in [3.05, 3.63) is 83.5 Å². The van der Waals surface area contributed by atoms with Crippen LogP contribution in [0.15, 0.2) is 72.3 Å². The van der Waals surface area contributed by atoms with E-state index in [4.69, 9.17) is 14.2 Å². The fourth-order valence-corrected chi connectivity index (χ4v) is 3.67. The van der Waals surface area contributed by atoms with E-state index in [1.54, 1.807) is 21.3 Å². The molecule has 1 unspecified atom stereocenters. The van der Waals surface area contributed by atoms with Gasteiger partial charge in [0.15, 0.2) is 0 Å². The van der Waals surface area contributed by atoms with Gasteiger partial charge < -0.3 is 19.5 Å². The topological polar surface area (TPSA) is 39.7 Å². The van der Waals surface area contributed by atoms with Crippen molar-refractivity contribution >= 4 is 0 Å². The minimum absolute atomic E-state index is 0.120. The van der Waals surface area contributed by atoms with E-state index in [0.29, 0.717) is 0 Å². The number of ether oxygens (including phenoxy) is 3. The summed E-state index contributed by atoms with van der Waals surface area (Å²) in [6.45, 7) is 0. The first kappa shape index (κ1) is 19.2. The zero-order valence-electron chi connectivity index (χ0n) is 16.4. The molecule has 0 aliphatic heterocycles. The van der Waals surface area contributed by atoms with Crippen LogP contribution in [-0.4, -0.2) is 34.5 Å². The molecule has 4 heteroatoms. The van der Waals surface area contributed by atoms with Gasteiger partial charge in [-0.1, -0.05) is 42.5 Å². The summed E-state index contributed by atoms with van der Waals surface area (Å²) in [6, 6.07) is 16.4. The number of rotatable bonds is 7. The molecule has 0 radical (unpaired) electrons. The fraction of sp³-hybridized carbons (Fsp3) is 0.304. The molecule has 0 amide bonds. The minimum atomic E-state index is -0.478. The van der Waals surface area contributed by atoms with Gasteiger partial charge in [0, 0.05) is 7.11 Å². The molecule has 142 valence electrons. The maximum atomic E-state index is 5.47. The van der Waals surface area contributed by atoms with Gasteiger partial charge in [-0.25, -0.2) is 0 Å². The number of nitrogens with one attached hydrogen (secondary N) is 1. The number of hydrogen-bond acceptors (Lipinski definition) is 4. The zero-order chi connectivity index (χ0) is 19.3. The predicted octanol–water partition coefficient (Wildman–Crippen LogP) is 4.07. The van der Waals surface area contributed by atoms with Crippen LogP contribution in [0.1, 0.15) is 17.5 Å². The van der Waals surface area contributed by atoms with Crippen LogP contribution in [0.2, 0.25) is 0 Å². The highest BCUT2D eigenvalue weighted by Gasteiger charge is 2.36. The standard InChI is InChI=1S/C23H27NO3/c1-24-23(17-5-11-20(25-2)12-6-17,18-7-13-21(26-3)14-8-18)19-9-15-22(27-4)16-10-19/h5-15,22,24H,16H2,1-4H3. The smallest absolute Gasteiger partial charge is 0.118 e. The van der Waals surface area contributed by atoms with Crippen LogP contribution in [0.3, 0.4) is 0 Å². The molecule has 0 saturated heterocycles. The van der Waals surface area contributed by atoms with Crippen LogP contribution in [0, 0.1) is 0 Å². The van der Waals surface area contributed by atoms with E-state index in [1.165, 1.54) is 5.57 Å². The summed E-state index contributed by atoms with van der Waals surface area (Å²) in [5, 5.41) is 3.58. The molecule has 0 heterocycles. The Labute approximate surface area is 161 Å². The maximum Gasteiger partial charge on any atom is 0.118 e. The molecule has 27 heavy (non-hydrogen) atoms. The van der Waals surface area contributed by atoms with Crippen molar-refractivity contribution < 1.29 is 14.2 Å². The average molecular weight is 365 g/mol. The first-order valence-corrected chi connectivity index (χ1v) is 9.07. The van der Waals surface area contributed by atoms with Crippen LogP contribution >= 0.6 is 0 Å². The normalized spacial score (nSPS) is 16.7. The van der Waals surface area contributed by atoms with Crippen LogP contribution < -0.4 is 14.8 Å². The Kier molecular flexibility index (Phi) is 5.99. The highest BCUT2D eigenvalue weighted by Crippen LogP contribution is 2.40. The predicted molar refractivity (Wildman–Crippen MR) is 108 cm³/mol. The van der Waals surface area contributed by atoms with E-state index in [2.05, 4.69) is 47.8 Å². The Morgan fingerprint density at radius 1 is 0.852 bits per heavy atom. The van der Waals surface area contributed by atoms with Crippen LogP contribution in [0.5, 0.6) is 11.5 Å². The van der Waals surface area contributed by atoms with Crippen LogP contribution in [0.25, 0.3) is 0 Å². The monoisotopic (exact) mass is 365 g/mol. The zero-order valence-corrected chi connectivity index (χ0v) is 16.4. The lowest BCUT2D eigenvalue weighted by Gasteiger charge is -2.38. The van der Waals surface area contributed by atoms with E-state index in [-0.39, 0.29) is 6.10 Å². The van der Waals surface area contributed by atoms with Crippen LogP contribution in [0.4, 0.5) is 0 Å². The second-order valence-corrected chi connectivity index (χ2v) is 6.49. The molecular weight excluding hydrogens is 338 g/mol. The van der Waals surface area contributed by atoms with Gasteiger partial charge in [0.05, 0.1) is 25.9 Å². The van der Waals surface area contributed by atoms with Crippen molar-refractivity contribution in [1.82, 2.24) is 5.32 Å². The average Bonchev–Trinajstić information content (AvgIpc) is 2.76. The molecule has 0 bridgehead atoms. The molecule has 3 rings (SSSR count). The summed E-state index contributed by atoms with van der Waals surface area (Å²) in [4.78, 5) is 0. The molecule has 1 aliphatic rings. The molecule has 0 aromatic heterocycles. The van der Waals surface area contributed by atoms with E-state index >= 15 is 0 Å². The Morgan fingerprint density at radius 3 is 1.70 bits per heavy atom. The van der Waals surface area contributed by atoms with E-state index < -0.39 is 5.54 Å². The number of methoxy groups -OCH3 is 3. The molecule has 4 nitrogen and oxygen atoms in total. The Hall–Kier alpha value is -2.56. The Bertz CT molecular complexity index is 759. The van der Waals surface area contributed by atoms with Gasteiger partial charge in [0.1, 0.15) is 11.5 Å². The van der Waals surface area contributed by atoms with Gasteiger partial charge in [-0.15, -0.1) is 0 Å². The lowest BCUT2D eigenvalue weighted by molar-refractivity contribution is 0.142. The van der Waals surface area contributed by atoms with E-state index in [0.717, 1.165) is 29.0 Å². The van der Waals surface area contributed by atoms with Gasteiger partial charge in [-0.05, 0) is 54.4 Å². The van der Waals surface area contributed by atoms with E-state index in [1.807, 2.05) is 31.3 Å². The summed E-state index contributed by atoms with van der Waals surface area (Å²) in [6.07, 6.45) is 7.49. The third kappa shape index (κ3) is 3.64. The number of benzene rings is 2. The Morgan fingerprint density at radius 2 is 1.37 bits per heavy atom. The summed E-state index contributed by atoms with van der Waals surface area (Å²) >= 11 is 0. The van der Waals surface area contributed by atoms with Crippen molar-refractivity contribution in [2.24, 2.45) is 0 Å². The van der Waals surface area contributed by atoms with Gasteiger partial charge >= 0.3 is 0 Å². The maximum absolute atomic E-state index is 5.47. The SMILES string of the molecule is CNC(C1=CCC(OC)C=C1)(c1ccc(OC)cc1)c1ccc(OC)cc1. The fourth-order valence-electron chi connectivity index (χ4n) is 3.67. The van der Waals surface area contributed by atoms with Crippen molar-refractivity contribution in [3.63, 3.8) is 0 Å². The third-order valence-electron chi connectivity index (χ3n) is 5.22.